The number of carbonyl (C=O) groups is 1. The molecule has 0 atom stereocenters. The lowest BCUT2D eigenvalue weighted by Crippen LogP contribution is -2.32. The standard InChI is InChI=1S/C20H23N3OS2/c1-23-12-9-14(10-13-23)8-11-21-19(24)17-6-7-18(25-17)20-22-15-4-2-3-5-16(15)26-20/h2-7,14H,8-13H2,1H3,(H,21,24). The third kappa shape index (κ3) is 3.98. The van der Waals surface area contributed by atoms with Crippen molar-refractivity contribution in [2.24, 2.45) is 5.92 Å². The Morgan fingerprint density at radius 1 is 1.19 bits per heavy atom. The summed E-state index contributed by atoms with van der Waals surface area (Å²) in [6, 6.07) is 12.1. The van der Waals surface area contributed by atoms with Crippen LogP contribution in [0.4, 0.5) is 0 Å². The molecule has 1 amide bonds. The van der Waals surface area contributed by atoms with Gasteiger partial charge in [-0.25, -0.2) is 4.98 Å². The van der Waals surface area contributed by atoms with Gasteiger partial charge >= 0.3 is 0 Å². The van der Waals surface area contributed by atoms with Gasteiger partial charge < -0.3 is 10.2 Å². The number of para-hydroxylation sites is 1. The number of nitrogens with zero attached hydrogens (tertiary/aromatic N) is 2. The van der Waals surface area contributed by atoms with Gasteiger partial charge in [-0.3, -0.25) is 4.79 Å². The minimum atomic E-state index is 0.0373. The molecule has 4 rings (SSSR count). The maximum Gasteiger partial charge on any atom is 0.261 e. The molecule has 1 fully saturated rings. The number of likely N-dealkylation sites (tertiary alicyclic amines) is 1. The second-order valence-corrected chi connectivity index (χ2v) is 9.06. The van der Waals surface area contributed by atoms with E-state index in [9.17, 15) is 4.79 Å². The molecule has 1 N–H and O–H groups in total. The van der Waals surface area contributed by atoms with Gasteiger partial charge in [-0.15, -0.1) is 22.7 Å². The van der Waals surface area contributed by atoms with Gasteiger partial charge in [0, 0.05) is 6.54 Å². The molecule has 0 unspecified atom stereocenters. The van der Waals surface area contributed by atoms with Crippen LogP contribution in [-0.2, 0) is 0 Å². The first-order valence-electron chi connectivity index (χ1n) is 9.11. The molecule has 0 aliphatic carbocycles. The largest absolute Gasteiger partial charge is 0.351 e. The number of fused-ring (bicyclic) bond motifs is 1. The number of thiazole rings is 1. The van der Waals surface area contributed by atoms with Crippen molar-refractivity contribution in [1.29, 1.82) is 0 Å². The topological polar surface area (TPSA) is 45.2 Å². The number of aromatic nitrogens is 1. The predicted molar refractivity (Wildman–Crippen MR) is 110 cm³/mol. The highest BCUT2D eigenvalue weighted by Gasteiger charge is 2.17. The predicted octanol–water partition coefficient (Wildman–Crippen LogP) is 4.49. The summed E-state index contributed by atoms with van der Waals surface area (Å²) in [6.07, 6.45) is 3.57. The van der Waals surface area contributed by atoms with Crippen LogP contribution in [0.25, 0.3) is 20.1 Å². The summed E-state index contributed by atoms with van der Waals surface area (Å²) in [4.78, 5) is 21.3. The summed E-state index contributed by atoms with van der Waals surface area (Å²) in [7, 11) is 2.18. The molecule has 0 saturated carbocycles. The van der Waals surface area contributed by atoms with Crippen molar-refractivity contribution in [2.75, 3.05) is 26.7 Å². The first-order chi connectivity index (χ1) is 12.7. The van der Waals surface area contributed by atoms with Crippen molar-refractivity contribution in [2.45, 2.75) is 19.3 Å². The molecule has 0 bridgehead atoms. The van der Waals surface area contributed by atoms with E-state index >= 15 is 0 Å². The van der Waals surface area contributed by atoms with Crippen molar-refractivity contribution in [3.63, 3.8) is 0 Å². The van der Waals surface area contributed by atoms with Gasteiger partial charge in [0.25, 0.3) is 5.91 Å². The Kier molecular flexibility index (Phi) is 5.33. The summed E-state index contributed by atoms with van der Waals surface area (Å²) in [6.45, 7) is 3.12. The number of amides is 1. The summed E-state index contributed by atoms with van der Waals surface area (Å²) in [5.74, 6) is 0.781. The molecule has 1 aliphatic heterocycles. The number of benzene rings is 1. The Balaban J connectivity index is 1.34. The lowest BCUT2D eigenvalue weighted by Gasteiger charge is -2.28. The number of hydrogen-bond donors (Lipinski definition) is 1. The highest BCUT2D eigenvalue weighted by atomic mass is 32.1. The van der Waals surface area contributed by atoms with E-state index in [4.69, 9.17) is 0 Å². The molecule has 136 valence electrons. The summed E-state index contributed by atoms with van der Waals surface area (Å²) < 4.78 is 1.18. The van der Waals surface area contributed by atoms with E-state index in [1.807, 2.05) is 30.3 Å². The zero-order chi connectivity index (χ0) is 17.9. The van der Waals surface area contributed by atoms with E-state index in [1.165, 1.54) is 42.0 Å². The first kappa shape index (κ1) is 17.6. The molecule has 3 heterocycles. The zero-order valence-corrected chi connectivity index (χ0v) is 16.5. The molecule has 4 nitrogen and oxygen atoms in total. The van der Waals surface area contributed by atoms with Gasteiger partial charge in [0.1, 0.15) is 5.01 Å². The number of thiophene rings is 1. The minimum absolute atomic E-state index is 0.0373. The first-order valence-corrected chi connectivity index (χ1v) is 10.7. The maximum atomic E-state index is 12.4. The Labute approximate surface area is 161 Å². The second-order valence-electron chi connectivity index (χ2n) is 6.94. The van der Waals surface area contributed by atoms with Gasteiger partial charge in [0.05, 0.1) is 20.0 Å². The fourth-order valence-corrected chi connectivity index (χ4v) is 5.32. The van der Waals surface area contributed by atoms with E-state index in [2.05, 4.69) is 28.3 Å². The van der Waals surface area contributed by atoms with Gasteiger partial charge in [-0.1, -0.05) is 12.1 Å². The molecule has 0 radical (unpaired) electrons. The maximum absolute atomic E-state index is 12.4. The van der Waals surface area contributed by atoms with E-state index in [0.29, 0.717) is 0 Å². The number of nitrogens with one attached hydrogen (secondary N) is 1. The lowest BCUT2D eigenvalue weighted by atomic mass is 9.94. The van der Waals surface area contributed by atoms with Crippen molar-refractivity contribution in [1.82, 2.24) is 15.2 Å². The molecule has 0 spiro atoms. The number of hydrogen-bond acceptors (Lipinski definition) is 5. The van der Waals surface area contributed by atoms with Crippen molar-refractivity contribution < 1.29 is 4.79 Å². The van der Waals surface area contributed by atoms with Crippen molar-refractivity contribution in [3.05, 3.63) is 41.3 Å². The smallest absolute Gasteiger partial charge is 0.261 e. The molecule has 6 heteroatoms. The molecule has 1 aromatic carbocycles. The van der Waals surface area contributed by atoms with Crippen molar-refractivity contribution in [3.8, 4) is 9.88 Å². The van der Waals surface area contributed by atoms with E-state index in [0.717, 1.165) is 39.2 Å². The third-order valence-corrected chi connectivity index (χ3v) is 7.30. The number of piperidine rings is 1. The fraction of sp³-hybridized carbons (Fsp3) is 0.400. The third-order valence-electron chi connectivity index (χ3n) is 5.01. The van der Waals surface area contributed by atoms with E-state index in [1.54, 1.807) is 11.3 Å². The summed E-state index contributed by atoms with van der Waals surface area (Å²) >= 11 is 3.20. The van der Waals surface area contributed by atoms with Crippen LogP contribution in [0.2, 0.25) is 0 Å². The average molecular weight is 386 g/mol. The lowest BCUT2D eigenvalue weighted by molar-refractivity contribution is 0.0953. The SMILES string of the molecule is CN1CCC(CCNC(=O)c2ccc(-c3nc4ccccc4s3)s2)CC1. The van der Waals surface area contributed by atoms with Crippen LogP contribution < -0.4 is 5.32 Å². The molecule has 2 aromatic heterocycles. The van der Waals surface area contributed by atoms with Gasteiger partial charge in [0.2, 0.25) is 0 Å². The quantitative estimate of drug-likeness (QED) is 0.704. The van der Waals surface area contributed by atoms with Crippen LogP contribution >= 0.6 is 22.7 Å². The zero-order valence-electron chi connectivity index (χ0n) is 14.9. The molecule has 26 heavy (non-hydrogen) atoms. The normalized spacial score (nSPS) is 16.2. The van der Waals surface area contributed by atoms with Crippen LogP contribution in [0.5, 0.6) is 0 Å². The van der Waals surface area contributed by atoms with Gasteiger partial charge in [-0.2, -0.15) is 0 Å². The molecule has 1 aliphatic rings. The Bertz CT molecular complexity index is 860. The fourth-order valence-electron chi connectivity index (χ4n) is 3.38. The van der Waals surface area contributed by atoms with Crippen LogP contribution in [-0.4, -0.2) is 42.5 Å². The van der Waals surface area contributed by atoms with Crippen LogP contribution in [0, 0.1) is 5.92 Å². The van der Waals surface area contributed by atoms with Gasteiger partial charge in [-0.05, 0) is 69.6 Å². The molecular weight excluding hydrogens is 362 g/mol. The second kappa shape index (κ2) is 7.86. The Morgan fingerprint density at radius 2 is 2.00 bits per heavy atom. The summed E-state index contributed by atoms with van der Waals surface area (Å²) in [5, 5.41) is 4.08. The number of rotatable bonds is 5. The molecular formula is C20H23N3OS2. The van der Waals surface area contributed by atoms with Crippen LogP contribution in [0.3, 0.4) is 0 Å². The highest BCUT2D eigenvalue weighted by Crippen LogP contribution is 2.34. The minimum Gasteiger partial charge on any atom is -0.351 e. The Hall–Kier alpha value is -1.76. The Morgan fingerprint density at radius 3 is 2.81 bits per heavy atom. The van der Waals surface area contributed by atoms with Crippen LogP contribution in [0.15, 0.2) is 36.4 Å². The van der Waals surface area contributed by atoms with E-state index in [-0.39, 0.29) is 5.91 Å². The number of carbonyl (C=O) groups excluding carboxylic acids is 1. The van der Waals surface area contributed by atoms with Gasteiger partial charge in [0.15, 0.2) is 0 Å². The van der Waals surface area contributed by atoms with E-state index < -0.39 is 0 Å². The highest BCUT2D eigenvalue weighted by molar-refractivity contribution is 7.26. The molecule has 1 saturated heterocycles. The monoisotopic (exact) mass is 385 g/mol. The average Bonchev–Trinajstić information content (AvgIpc) is 3.30. The molecule has 3 aromatic rings. The summed E-state index contributed by atoms with van der Waals surface area (Å²) in [5.41, 5.74) is 1.02. The van der Waals surface area contributed by atoms with Crippen molar-refractivity contribution >= 4 is 38.8 Å². The van der Waals surface area contributed by atoms with Crippen LogP contribution in [0.1, 0.15) is 28.9 Å².